The molecule has 0 spiro atoms. The second kappa shape index (κ2) is 5.70. The minimum absolute atomic E-state index is 0.0557. The number of rotatable bonds is 5. The Bertz CT molecular complexity index is 784. The average molecular weight is 326 g/mol. The number of hydrogen-bond acceptors (Lipinski definition) is 5. The molecule has 112 valence electrons. The first-order valence-corrected chi connectivity index (χ1v) is 7.75. The molecule has 0 saturated carbocycles. The zero-order valence-corrected chi connectivity index (χ0v) is 13.0. The number of nitrogens with zero attached hydrogens (tertiary/aromatic N) is 1. The number of hydrogen-bond donors (Lipinski definition) is 3. The maximum Gasteiger partial charge on any atom is 0.279 e. The second-order valence-electron chi connectivity index (χ2n) is 4.19. The van der Waals surface area contributed by atoms with Crippen molar-refractivity contribution < 1.29 is 13.2 Å². The molecule has 0 aliphatic rings. The van der Waals surface area contributed by atoms with Gasteiger partial charge in [-0.25, -0.2) is 4.98 Å². The first-order chi connectivity index (χ1) is 9.85. The van der Waals surface area contributed by atoms with Crippen molar-refractivity contribution in [1.82, 2.24) is 9.97 Å². The smallest absolute Gasteiger partial charge is 0.279 e. The van der Waals surface area contributed by atoms with Gasteiger partial charge in [-0.15, -0.1) is 0 Å². The Morgan fingerprint density at radius 3 is 2.71 bits per heavy atom. The summed E-state index contributed by atoms with van der Waals surface area (Å²) < 4.78 is 32.3. The van der Waals surface area contributed by atoms with Gasteiger partial charge in [-0.3, -0.25) is 4.72 Å². The number of imidazole rings is 1. The number of para-hydroxylation sites is 1. The highest BCUT2D eigenvalue weighted by molar-refractivity contribution is 7.92. The van der Waals surface area contributed by atoms with Crippen LogP contribution < -0.4 is 15.2 Å². The zero-order chi connectivity index (χ0) is 15.6. The summed E-state index contributed by atoms with van der Waals surface area (Å²) in [4.78, 5) is 6.59. The Balaban J connectivity index is 2.50. The highest BCUT2D eigenvalue weighted by atomic mass is 32.2. The summed E-state index contributed by atoms with van der Waals surface area (Å²) in [5.41, 5.74) is 6.19. The van der Waals surface area contributed by atoms with Gasteiger partial charge in [0, 0.05) is 5.56 Å². The largest absolute Gasteiger partial charge is 0.495 e. The molecule has 2 aromatic rings. The number of ether oxygens (including phenoxy) is 1. The van der Waals surface area contributed by atoms with Crippen molar-refractivity contribution >= 4 is 32.9 Å². The van der Waals surface area contributed by atoms with Crippen molar-refractivity contribution in [2.75, 3.05) is 11.8 Å². The number of nitrogens with two attached hydrogens (primary N) is 1. The molecule has 4 N–H and O–H groups in total. The van der Waals surface area contributed by atoms with Gasteiger partial charge in [0.25, 0.3) is 10.0 Å². The number of aryl methyl sites for hydroxylation is 1. The van der Waals surface area contributed by atoms with Crippen molar-refractivity contribution in [3.63, 3.8) is 0 Å². The van der Waals surface area contributed by atoms with Gasteiger partial charge in [0.05, 0.1) is 13.3 Å². The molecule has 0 aliphatic heterocycles. The minimum Gasteiger partial charge on any atom is -0.495 e. The number of H-pyrrole nitrogens is 1. The third kappa shape index (κ3) is 3.14. The van der Waals surface area contributed by atoms with E-state index >= 15 is 0 Å². The molecule has 0 radical (unpaired) electrons. The van der Waals surface area contributed by atoms with E-state index in [1.807, 2.05) is 0 Å². The Kier molecular flexibility index (Phi) is 4.14. The van der Waals surface area contributed by atoms with E-state index in [4.69, 9.17) is 22.7 Å². The van der Waals surface area contributed by atoms with Gasteiger partial charge < -0.3 is 15.5 Å². The Morgan fingerprint density at radius 1 is 1.48 bits per heavy atom. The van der Waals surface area contributed by atoms with E-state index in [0.29, 0.717) is 17.1 Å². The third-order valence-corrected chi connectivity index (χ3v) is 4.20. The van der Waals surface area contributed by atoms with Crippen LogP contribution >= 0.6 is 12.2 Å². The number of thiocarbonyl (C=S) groups is 1. The lowest BCUT2D eigenvalue weighted by atomic mass is 10.1. The molecule has 7 nitrogen and oxygen atoms in total. The van der Waals surface area contributed by atoms with Crippen LogP contribution in [0.2, 0.25) is 0 Å². The quantitative estimate of drug-likeness (QED) is 0.711. The van der Waals surface area contributed by atoms with Crippen molar-refractivity contribution in [2.24, 2.45) is 5.73 Å². The first kappa shape index (κ1) is 15.3. The molecule has 0 atom stereocenters. The number of sulfonamides is 1. The van der Waals surface area contributed by atoms with E-state index in [2.05, 4.69) is 14.7 Å². The summed E-state index contributed by atoms with van der Waals surface area (Å²) in [6, 6.07) is 4.89. The minimum atomic E-state index is -3.84. The number of nitrogens with one attached hydrogen (secondary N) is 2. The number of methoxy groups -OCH3 is 1. The van der Waals surface area contributed by atoms with Gasteiger partial charge in [0.15, 0.2) is 5.03 Å². The van der Waals surface area contributed by atoms with Crippen LogP contribution in [-0.4, -0.2) is 30.5 Å². The normalized spacial score (nSPS) is 11.1. The van der Waals surface area contributed by atoms with Gasteiger partial charge >= 0.3 is 0 Å². The number of benzene rings is 1. The van der Waals surface area contributed by atoms with Crippen molar-refractivity contribution in [1.29, 1.82) is 0 Å². The molecule has 1 heterocycles. The van der Waals surface area contributed by atoms with E-state index in [1.165, 1.54) is 13.3 Å². The number of anilines is 1. The summed E-state index contributed by atoms with van der Waals surface area (Å²) in [7, 11) is -2.42. The molecule has 1 aromatic heterocycles. The van der Waals surface area contributed by atoms with E-state index in [9.17, 15) is 8.42 Å². The van der Waals surface area contributed by atoms with Crippen LogP contribution in [0, 0.1) is 6.92 Å². The van der Waals surface area contributed by atoms with E-state index in [1.54, 1.807) is 25.1 Å². The predicted octanol–water partition coefficient (Wildman–Crippen LogP) is 1.16. The Morgan fingerprint density at radius 2 is 2.19 bits per heavy atom. The lowest BCUT2D eigenvalue weighted by Gasteiger charge is -2.14. The fourth-order valence-electron chi connectivity index (χ4n) is 1.74. The molecule has 1 aromatic carbocycles. The molecule has 0 bridgehead atoms. The standard InChI is InChI=1S/C12H14N4O3S2/c1-7-14-6-10(15-7)21(17,18)16-11-8(12(13)20)4-3-5-9(11)19-2/h3-6,16H,1-2H3,(H2,13,20)(H,14,15). The van der Waals surface area contributed by atoms with E-state index in [-0.39, 0.29) is 15.7 Å². The van der Waals surface area contributed by atoms with Crippen LogP contribution in [0.15, 0.2) is 29.4 Å². The van der Waals surface area contributed by atoms with Gasteiger partial charge in [-0.05, 0) is 19.1 Å². The third-order valence-electron chi connectivity index (χ3n) is 2.72. The molecule has 0 amide bonds. The predicted molar refractivity (Wildman–Crippen MR) is 83.0 cm³/mol. The highest BCUT2D eigenvalue weighted by Crippen LogP contribution is 2.30. The molecule has 2 rings (SSSR count). The Hall–Kier alpha value is -2.13. The van der Waals surface area contributed by atoms with Crippen molar-refractivity contribution in [3.05, 3.63) is 35.8 Å². The van der Waals surface area contributed by atoms with Crippen molar-refractivity contribution in [3.8, 4) is 5.75 Å². The second-order valence-corrected chi connectivity index (χ2v) is 6.28. The Labute approximate surface area is 127 Å². The maximum absolute atomic E-state index is 12.3. The van der Waals surface area contributed by atoms with E-state index < -0.39 is 10.0 Å². The molecule has 0 unspecified atom stereocenters. The topological polar surface area (TPSA) is 110 Å². The van der Waals surface area contributed by atoms with Crippen LogP contribution in [0.3, 0.4) is 0 Å². The van der Waals surface area contributed by atoms with Gasteiger partial charge in [-0.2, -0.15) is 8.42 Å². The lowest BCUT2D eigenvalue weighted by molar-refractivity contribution is 0.417. The lowest BCUT2D eigenvalue weighted by Crippen LogP contribution is -2.19. The fourth-order valence-corrected chi connectivity index (χ4v) is 2.97. The molecular weight excluding hydrogens is 312 g/mol. The summed E-state index contributed by atoms with van der Waals surface area (Å²) in [6.07, 6.45) is 1.23. The van der Waals surface area contributed by atoms with Crippen LogP contribution in [-0.2, 0) is 10.0 Å². The van der Waals surface area contributed by atoms with Crippen molar-refractivity contribution in [2.45, 2.75) is 11.9 Å². The molecule has 0 aliphatic carbocycles. The number of aromatic amines is 1. The van der Waals surface area contributed by atoms with Gasteiger partial charge in [0.1, 0.15) is 22.2 Å². The van der Waals surface area contributed by atoms with Crippen LogP contribution in [0.25, 0.3) is 0 Å². The molecule has 0 fully saturated rings. The van der Waals surface area contributed by atoms with Crippen LogP contribution in [0.5, 0.6) is 5.75 Å². The van der Waals surface area contributed by atoms with Crippen LogP contribution in [0.4, 0.5) is 5.69 Å². The molecule has 21 heavy (non-hydrogen) atoms. The summed E-state index contributed by atoms with van der Waals surface area (Å²) >= 11 is 4.93. The summed E-state index contributed by atoms with van der Waals surface area (Å²) in [5, 5.41) is -0.0557. The highest BCUT2D eigenvalue weighted by Gasteiger charge is 2.21. The van der Waals surface area contributed by atoms with Gasteiger partial charge in [0.2, 0.25) is 0 Å². The summed E-state index contributed by atoms with van der Waals surface area (Å²) in [5.74, 6) is 0.810. The molecule has 0 saturated heterocycles. The molecular formula is C12H14N4O3S2. The maximum atomic E-state index is 12.3. The fraction of sp³-hybridized carbons (Fsp3) is 0.167. The monoisotopic (exact) mass is 326 g/mol. The SMILES string of the molecule is COc1cccc(C(N)=S)c1NS(=O)(=O)c1cnc(C)[nH]1. The summed E-state index contributed by atoms with van der Waals surface area (Å²) in [6.45, 7) is 1.66. The number of aromatic nitrogens is 2. The molecule has 9 heteroatoms. The first-order valence-electron chi connectivity index (χ1n) is 5.86. The average Bonchev–Trinajstić information content (AvgIpc) is 2.86. The van der Waals surface area contributed by atoms with E-state index in [0.717, 1.165) is 0 Å². The zero-order valence-electron chi connectivity index (χ0n) is 11.4. The van der Waals surface area contributed by atoms with Gasteiger partial charge in [-0.1, -0.05) is 18.3 Å². The van der Waals surface area contributed by atoms with Crippen LogP contribution in [0.1, 0.15) is 11.4 Å².